The summed E-state index contributed by atoms with van der Waals surface area (Å²) in [5.41, 5.74) is -0.240. The van der Waals surface area contributed by atoms with E-state index in [0.29, 0.717) is 22.6 Å². The van der Waals surface area contributed by atoms with E-state index in [2.05, 4.69) is 15.1 Å². The summed E-state index contributed by atoms with van der Waals surface area (Å²) in [5.74, 6) is -1.01. The van der Waals surface area contributed by atoms with Gasteiger partial charge in [-0.2, -0.15) is 4.98 Å². The van der Waals surface area contributed by atoms with E-state index in [1.807, 2.05) is 0 Å². The molecule has 2 aromatic heterocycles. The third-order valence-corrected chi connectivity index (χ3v) is 5.93. The number of fused-ring (bicyclic) bond motifs is 3. The molecule has 11 heteroatoms. The number of amides is 2. The third kappa shape index (κ3) is 3.41. The normalized spacial score (nSPS) is 19.2. The van der Waals surface area contributed by atoms with E-state index in [9.17, 15) is 14.4 Å². The Morgan fingerprint density at radius 1 is 1.21 bits per heavy atom. The van der Waals surface area contributed by atoms with Gasteiger partial charge >= 0.3 is 5.97 Å². The Labute approximate surface area is 194 Å². The number of pyridine rings is 1. The van der Waals surface area contributed by atoms with Crippen LogP contribution in [-0.2, 0) is 25.7 Å². The van der Waals surface area contributed by atoms with Crippen molar-refractivity contribution in [3.8, 4) is 11.4 Å². The lowest BCUT2D eigenvalue weighted by atomic mass is 9.96. The third-order valence-electron chi connectivity index (χ3n) is 5.93. The van der Waals surface area contributed by atoms with Crippen LogP contribution in [0.1, 0.15) is 29.1 Å². The van der Waals surface area contributed by atoms with E-state index >= 15 is 0 Å². The van der Waals surface area contributed by atoms with Crippen LogP contribution in [0.4, 0.5) is 5.69 Å². The van der Waals surface area contributed by atoms with Crippen LogP contribution < -0.4 is 4.90 Å². The van der Waals surface area contributed by atoms with Gasteiger partial charge in [0.1, 0.15) is 0 Å². The van der Waals surface area contributed by atoms with Gasteiger partial charge in [0.05, 0.1) is 17.9 Å². The number of carbonyl (C=O) groups excluding carboxylic acids is 3. The number of carbonyl (C=O) groups is 3. The van der Waals surface area contributed by atoms with Crippen molar-refractivity contribution < 1.29 is 28.4 Å². The molecule has 3 aromatic rings. The second-order valence-electron chi connectivity index (χ2n) is 7.84. The fourth-order valence-electron chi connectivity index (χ4n) is 4.40. The summed E-state index contributed by atoms with van der Waals surface area (Å²) in [6, 6.07) is 10.2. The van der Waals surface area contributed by atoms with Gasteiger partial charge in [0.15, 0.2) is 6.61 Å². The van der Waals surface area contributed by atoms with Gasteiger partial charge in [-0.3, -0.25) is 19.5 Å². The number of aromatic nitrogens is 3. The van der Waals surface area contributed by atoms with Gasteiger partial charge in [-0.1, -0.05) is 17.3 Å². The van der Waals surface area contributed by atoms with Gasteiger partial charge in [-0.05, 0) is 24.3 Å². The van der Waals surface area contributed by atoms with E-state index in [-0.39, 0.29) is 50.3 Å². The van der Waals surface area contributed by atoms with E-state index in [0.717, 1.165) is 0 Å². The molecule has 0 saturated carbocycles. The lowest BCUT2D eigenvalue weighted by Crippen LogP contribution is -2.68. The summed E-state index contributed by atoms with van der Waals surface area (Å²) in [5, 5.41) is 3.89. The van der Waals surface area contributed by atoms with E-state index in [1.54, 1.807) is 48.8 Å². The van der Waals surface area contributed by atoms with Crippen molar-refractivity contribution in [1.29, 1.82) is 0 Å². The zero-order chi connectivity index (χ0) is 23.7. The maximum Gasteiger partial charge on any atom is 0.354 e. The van der Waals surface area contributed by atoms with Gasteiger partial charge < -0.3 is 18.9 Å². The van der Waals surface area contributed by atoms with Crippen LogP contribution in [0.2, 0.25) is 0 Å². The molecule has 0 aliphatic carbocycles. The van der Waals surface area contributed by atoms with E-state index < -0.39 is 11.6 Å². The van der Waals surface area contributed by atoms with Crippen molar-refractivity contribution in [2.45, 2.75) is 25.1 Å². The molecule has 174 valence electrons. The number of ether oxygens (including phenoxy) is 2. The number of nitrogens with zero attached hydrogens (tertiary/aromatic N) is 5. The van der Waals surface area contributed by atoms with Crippen molar-refractivity contribution in [2.24, 2.45) is 0 Å². The summed E-state index contributed by atoms with van der Waals surface area (Å²) in [4.78, 5) is 50.9. The highest BCUT2D eigenvalue weighted by Crippen LogP contribution is 2.45. The molecule has 0 bridgehead atoms. The first kappa shape index (κ1) is 21.7. The number of rotatable bonds is 7. The van der Waals surface area contributed by atoms with Crippen LogP contribution in [-0.4, -0.2) is 63.7 Å². The van der Waals surface area contributed by atoms with Crippen molar-refractivity contribution in [1.82, 2.24) is 20.0 Å². The van der Waals surface area contributed by atoms with Crippen LogP contribution in [0.25, 0.3) is 11.4 Å². The monoisotopic (exact) mass is 463 g/mol. The smallest absolute Gasteiger partial charge is 0.354 e. The average Bonchev–Trinajstić information content (AvgIpc) is 3.48. The van der Waals surface area contributed by atoms with Gasteiger partial charge in [-0.25, -0.2) is 4.79 Å². The number of hydrogen-bond donors (Lipinski definition) is 0. The lowest BCUT2D eigenvalue weighted by molar-refractivity contribution is -0.159. The van der Waals surface area contributed by atoms with Gasteiger partial charge in [0.25, 0.3) is 11.8 Å². The van der Waals surface area contributed by atoms with E-state index in [1.165, 1.54) is 16.9 Å². The minimum absolute atomic E-state index is 0.0745. The molecule has 2 aliphatic heterocycles. The van der Waals surface area contributed by atoms with Gasteiger partial charge in [-0.15, -0.1) is 0 Å². The van der Waals surface area contributed by atoms with Crippen molar-refractivity contribution in [2.75, 3.05) is 25.2 Å². The van der Waals surface area contributed by atoms with Crippen LogP contribution in [0, 0.1) is 0 Å². The Kier molecular flexibility index (Phi) is 5.54. The largest absolute Gasteiger partial charge is 0.452 e. The first-order valence-electron chi connectivity index (χ1n) is 10.7. The molecule has 4 heterocycles. The highest BCUT2D eigenvalue weighted by atomic mass is 16.6. The molecule has 11 nitrogen and oxygen atoms in total. The molecule has 0 spiro atoms. The van der Waals surface area contributed by atoms with Gasteiger partial charge in [0, 0.05) is 44.5 Å². The molecule has 1 unspecified atom stereocenters. The van der Waals surface area contributed by atoms with Gasteiger partial charge in [0.2, 0.25) is 17.4 Å². The van der Waals surface area contributed by atoms with Crippen LogP contribution in [0.15, 0.2) is 53.3 Å². The fraction of sp³-hybridized carbons (Fsp3) is 0.304. The molecule has 0 N–H and O–H groups in total. The summed E-state index contributed by atoms with van der Waals surface area (Å²) < 4.78 is 15.9. The fourth-order valence-corrected chi connectivity index (χ4v) is 4.40. The van der Waals surface area contributed by atoms with Crippen LogP contribution in [0.3, 0.4) is 0 Å². The molecule has 1 aromatic carbocycles. The topological polar surface area (TPSA) is 128 Å². The van der Waals surface area contributed by atoms with E-state index in [4.69, 9.17) is 14.0 Å². The van der Waals surface area contributed by atoms with Crippen molar-refractivity contribution >= 4 is 23.5 Å². The quantitative estimate of drug-likeness (QED) is 0.482. The molecular weight excluding hydrogens is 442 g/mol. The van der Waals surface area contributed by atoms with Crippen molar-refractivity contribution in [3.63, 3.8) is 0 Å². The minimum Gasteiger partial charge on any atom is -0.452 e. The minimum atomic E-state index is -1.62. The van der Waals surface area contributed by atoms with Crippen LogP contribution >= 0.6 is 0 Å². The summed E-state index contributed by atoms with van der Waals surface area (Å²) >= 11 is 0. The SMILES string of the molecule is COCCN1C(=O)c2ccccc2N2C(=O)CCC12C(=O)OCc1nc(-c2cccnc2)no1. The first-order chi connectivity index (χ1) is 16.6. The molecule has 5 rings (SSSR count). The molecular formula is C23H21N5O6. The van der Waals surface area contributed by atoms with Crippen molar-refractivity contribution in [3.05, 3.63) is 60.2 Å². The zero-order valence-corrected chi connectivity index (χ0v) is 18.3. The summed E-state index contributed by atoms with van der Waals surface area (Å²) in [6.07, 6.45) is 3.39. The summed E-state index contributed by atoms with van der Waals surface area (Å²) in [6.45, 7) is -0.0266. The second kappa shape index (κ2) is 8.67. The Morgan fingerprint density at radius 3 is 2.85 bits per heavy atom. The maximum atomic E-state index is 13.6. The molecule has 1 fully saturated rings. The molecule has 2 aliphatic rings. The number of esters is 1. The number of methoxy groups -OCH3 is 1. The van der Waals surface area contributed by atoms with Crippen LogP contribution in [0.5, 0.6) is 0 Å². The first-order valence-corrected chi connectivity index (χ1v) is 10.7. The maximum absolute atomic E-state index is 13.6. The predicted octanol–water partition coefficient (Wildman–Crippen LogP) is 1.80. The molecule has 2 amide bonds. The molecule has 1 atom stereocenters. The predicted molar refractivity (Wildman–Crippen MR) is 116 cm³/mol. The number of benzene rings is 1. The molecule has 34 heavy (non-hydrogen) atoms. The molecule has 0 radical (unpaired) electrons. The standard InChI is InChI=1S/C23H21N5O6/c1-32-12-11-27-21(30)16-6-2-3-7-17(16)28-19(29)8-9-23(27,28)22(31)33-14-18-25-20(26-34-18)15-5-4-10-24-13-15/h2-7,10,13H,8-9,11-12,14H2,1H3. The lowest BCUT2D eigenvalue weighted by Gasteiger charge is -2.48. The highest BCUT2D eigenvalue weighted by Gasteiger charge is 2.61. The highest BCUT2D eigenvalue weighted by molar-refractivity contribution is 6.15. The molecule has 1 saturated heterocycles. The Balaban J connectivity index is 1.45. The number of anilines is 1. The average molecular weight is 463 g/mol. The number of hydrogen-bond acceptors (Lipinski definition) is 9. The number of para-hydroxylation sites is 1. The zero-order valence-electron chi connectivity index (χ0n) is 18.3. The summed E-state index contributed by atoms with van der Waals surface area (Å²) in [7, 11) is 1.50. The Hall–Kier alpha value is -4.12. The Bertz CT molecular complexity index is 1250. The Morgan fingerprint density at radius 2 is 2.06 bits per heavy atom. The second-order valence-corrected chi connectivity index (χ2v) is 7.84.